The fourth-order valence-corrected chi connectivity index (χ4v) is 2.39. The van der Waals surface area contributed by atoms with Gasteiger partial charge in [0.05, 0.1) is 11.2 Å². The van der Waals surface area contributed by atoms with Crippen molar-refractivity contribution in [1.82, 2.24) is 0 Å². The van der Waals surface area contributed by atoms with E-state index in [0.717, 1.165) is 5.56 Å². The molecular formula is C15H22BFO2. The number of aryl methyl sites for hydroxylation is 2. The Morgan fingerprint density at radius 2 is 1.42 bits per heavy atom. The van der Waals surface area contributed by atoms with Gasteiger partial charge in [0.15, 0.2) is 0 Å². The molecule has 0 bridgehead atoms. The summed E-state index contributed by atoms with van der Waals surface area (Å²) < 4.78 is 25.5. The monoisotopic (exact) mass is 264 g/mol. The molecule has 104 valence electrons. The van der Waals surface area contributed by atoms with Crippen LogP contribution >= 0.6 is 0 Å². The molecule has 0 radical (unpaired) electrons. The van der Waals surface area contributed by atoms with Gasteiger partial charge in [-0.15, -0.1) is 0 Å². The van der Waals surface area contributed by atoms with E-state index in [0.29, 0.717) is 17.4 Å². The predicted molar refractivity (Wildman–Crippen MR) is 75.7 cm³/mol. The molecule has 2 nitrogen and oxygen atoms in total. The van der Waals surface area contributed by atoms with E-state index in [1.54, 1.807) is 13.8 Å². The van der Waals surface area contributed by atoms with E-state index in [4.69, 9.17) is 9.31 Å². The summed E-state index contributed by atoms with van der Waals surface area (Å²) in [4.78, 5) is 0. The van der Waals surface area contributed by atoms with Gasteiger partial charge >= 0.3 is 7.12 Å². The Morgan fingerprint density at radius 1 is 1.00 bits per heavy atom. The average Bonchev–Trinajstić information content (AvgIpc) is 2.43. The zero-order valence-electron chi connectivity index (χ0n) is 12.6. The maximum atomic E-state index is 13.6. The van der Waals surface area contributed by atoms with Crippen molar-refractivity contribution in [3.63, 3.8) is 0 Å². The molecule has 19 heavy (non-hydrogen) atoms. The average molecular weight is 264 g/mol. The third-order valence-electron chi connectivity index (χ3n) is 4.20. The third kappa shape index (κ3) is 2.70. The Morgan fingerprint density at radius 3 is 1.84 bits per heavy atom. The fraction of sp³-hybridized carbons (Fsp3) is 0.600. The van der Waals surface area contributed by atoms with Crippen LogP contribution in [0.1, 0.15) is 44.4 Å². The fourth-order valence-electron chi connectivity index (χ4n) is 2.39. The second kappa shape index (κ2) is 4.60. The first-order valence-corrected chi connectivity index (χ1v) is 6.74. The minimum Gasteiger partial charge on any atom is -0.403 e. The van der Waals surface area contributed by atoms with Crippen molar-refractivity contribution in [2.45, 2.75) is 59.1 Å². The van der Waals surface area contributed by atoms with Gasteiger partial charge in [0, 0.05) is 6.32 Å². The minimum atomic E-state index is -0.318. The maximum absolute atomic E-state index is 13.6. The molecule has 1 heterocycles. The molecule has 0 saturated carbocycles. The van der Waals surface area contributed by atoms with Crippen LogP contribution in [0.3, 0.4) is 0 Å². The zero-order valence-corrected chi connectivity index (χ0v) is 12.6. The van der Waals surface area contributed by atoms with Crippen LogP contribution in [0.5, 0.6) is 0 Å². The largest absolute Gasteiger partial charge is 0.462 e. The first kappa shape index (κ1) is 14.5. The molecule has 1 aromatic rings. The molecule has 0 unspecified atom stereocenters. The van der Waals surface area contributed by atoms with Crippen molar-refractivity contribution in [2.75, 3.05) is 0 Å². The van der Waals surface area contributed by atoms with Crippen LogP contribution in [0.2, 0.25) is 0 Å². The Kier molecular flexibility index (Phi) is 3.52. The summed E-state index contributed by atoms with van der Waals surface area (Å²) in [6.45, 7) is 11.7. The number of rotatable bonds is 2. The Balaban J connectivity index is 2.16. The molecule has 1 aromatic carbocycles. The van der Waals surface area contributed by atoms with Gasteiger partial charge in [-0.25, -0.2) is 4.39 Å². The molecule has 0 spiro atoms. The van der Waals surface area contributed by atoms with Crippen molar-refractivity contribution < 1.29 is 13.7 Å². The van der Waals surface area contributed by atoms with Gasteiger partial charge in [-0.05, 0) is 58.2 Å². The summed E-state index contributed by atoms with van der Waals surface area (Å²) >= 11 is 0. The zero-order chi connectivity index (χ0) is 14.4. The van der Waals surface area contributed by atoms with Gasteiger partial charge in [0.1, 0.15) is 5.82 Å². The SMILES string of the molecule is Cc1cc(CB2OC(C)(C)C(C)(C)O2)cc(C)c1F. The van der Waals surface area contributed by atoms with E-state index in [1.807, 2.05) is 39.8 Å². The molecular weight excluding hydrogens is 242 g/mol. The van der Waals surface area contributed by atoms with E-state index in [9.17, 15) is 4.39 Å². The molecule has 4 heteroatoms. The lowest BCUT2D eigenvalue weighted by Gasteiger charge is -2.32. The van der Waals surface area contributed by atoms with Crippen LogP contribution in [0.25, 0.3) is 0 Å². The van der Waals surface area contributed by atoms with E-state index in [1.165, 1.54) is 0 Å². The van der Waals surface area contributed by atoms with Crippen molar-refractivity contribution in [2.24, 2.45) is 0 Å². The van der Waals surface area contributed by atoms with Gasteiger partial charge < -0.3 is 9.31 Å². The highest BCUT2D eigenvalue weighted by Crippen LogP contribution is 2.37. The maximum Gasteiger partial charge on any atom is 0.462 e. The lowest BCUT2D eigenvalue weighted by Crippen LogP contribution is -2.41. The van der Waals surface area contributed by atoms with Crippen molar-refractivity contribution in [3.8, 4) is 0 Å². The normalized spacial score (nSPS) is 20.9. The predicted octanol–water partition coefficient (Wildman–Crippen LogP) is 3.62. The number of hydrogen-bond donors (Lipinski definition) is 0. The van der Waals surface area contributed by atoms with Crippen LogP contribution in [0.4, 0.5) is 4.39 Å². The Labute approximate surface area is 115 Å². The highest BCUT2D eigenvalue weighted by Gasteiger charge is 2.50. The van der Waals surface area contributed by atoms with Gasteiger partial charge in [-0.3, -0.25) is 0 Å². The van der Waals surface area contributed by atoms with Crippen molar-refractivity contribution in [1.29, 1.82) is 0 Å². The number of hydrogen-bond acceptors (Lipinski definition) is 2. The molecule has 1 fully saturated rings. The van der Waals surface area contributed by atoms with Gasteiger partial charge in [0.2, 0.25) is 0 Å². The van der Waals surface area contributed by atoms with Gasteiger partial charge in [-0.1, -0.05) is 12.1 Å². The van der Waals surface area contributed by atoms with Gasteiger partial charge in [-0.2, -0.15) is 0 Å². The minimum absolute atomic E-state index is 0.127. The molecule has 0 aromatic heterocycles. The summed E-state index contributed by atoms with van der Waals surface area (Å²) in [6.07, 6.45) is 0.648. The molecule has 0 N–H and O–H groups in total. The molecule has 0 atom stereocenters. The lowest BCUT2D eigenvalue weighted by molar-refractivity contribution is 0.00578. The standard InChI is InChI=1S/C15H22BFO2/c1-10-7-12(8-11(2)13(10)17)9-16-18-14(3,4)15(5,6)19-16/h7-8H,9H2,1-6H3. The van der Waals surface area contributed by atoms with Crippen molar-refractivity contribution >= 4 is 7.12 Å². The van der Waals surface area contributed by atoms with Gasteiger partial charge in [0.25, 0.3) is 0 Å². The molecule has 0 amide bonds. The van der Waals surface area contributed by atoms with E-state index >= 15 is 0 Å². The summed E-state index contributed by atoms with van der Waals surface area (Å²) in [6, 6.07) is 3.74. The molecule has 1 aliphatic rings. The summed E-state index contributed by atoms with van der Waals surface area (Å²) in [5.74, 6) is -0.127. The quantitative estimate of drug-likeness (QED) is 0.759. The lowest BCUT2D eigenvalue weighted by atomic mass is 9.80. The van der Waals surface area contributed by atoms with Crippen LogP contribution in [0, 0.1) is 19.7 Å². The summed E-state index contributed by atoms with van der Waals surface area (Å²) in [5.41, 5.74) is 1.76. The molecule has 2 rings (SSSR count). The smallest absolute Gasteiger partial charge is 0.403 e. The van der Waals surface area contributed by atoms with Crippen molar-refractivity contribution in [3.05, 3.63) is 34.6 Å². The van der Waals surface area contributed by atoms with Crippen LogP contribution in [0.15, 0.2) is 12.1 Å². The third-order valence-corrected chi connectivity index (χ3v) is 4.20. The highest BCUT2D eigenvalue weighted by molar-refractivity contribution is 6.45. The topological polar surface area (TPSA) is 18.5 Å². The first-order chi connectivity index (χ1) is 8.62. The second-order valence-electron chi connectivity index (χ2n) is 6.43. The van der Waals surface area contributed by atoms with Crippen LogP contribution < -0.4 is 0 Å². The Hall–Kier alpha value is -0.865. The number of benzene rings is 1. The molecule has 1 aliphatic heterocycles. The first-order valence-electron chi connectivity index (χ1n) is 6.74. The highest BCUT2D eigenvalue weighted by atomic mass is 19.1. The number of halogens is 1. The molecule has 1 saturated heterocycles. The molecule has 0 aliphatic carbocycles. The van der Waals surface area contributed by atoms with Crippen LogP contribution in [-0.2, 0) is 15.6 Å². The van der Waals surface area contributed by atoms with E-state index in [2.05, 4.69) is 0 Å². The summed E-state index contributed by atoms with van der Waals surface area (Å²) in [5, 5.41) is 0. The summed E-state index contributed by atoms with van der Waals surface area (Å²) in [7, 11) is -0.269. The van der Waals surface area contributed by atoms with E-state index < -0.39 is 0 Å². The van der Waals surface area contributed by atoms with Crippen LogP contribution in [-0.4, -0.2) is 18.3 Å². The Bertz CT molecular complexity index is 458. The second-order valence-corrected chi connectivity index (χ2v) is 6.43. The van der Waals surface area contributed by atoms with E-state index in [-0.39, 0.29) is 24.1 Å².